The Morgan fingerprint density at radius 2 is 1.87 bits per heavy atom. The number of nitrogens with one attached hydrogen (secondary N) is 1. The molecule has 2 rings (SSSR count). The van der Waals surface area contributed by atoms with Crippen LogP contribution in [0.25, 0.3) is 0 Å². The molecule has 1 aromatic rings. The maximum absolute atomic E-state index is 12.3. The molecule has 1 heterocycles. The topological polar surface area (TPSA) is 75.4 Å². The summed E-state index contributed by atoms with van der Waals surface area (Å²) in [6, 6.07) is 9.01. The summed E-state index contributed by atoms with van der Waals surface area (Å²) in [5.41, 5.74) is 6.54. The summed E-state index contributed by atoms with van der Waals surface area (Å²) in [5, 5.41) is 3.00. The largest absolute Gasteiger partial charge is 0.352 e. The zero-order valence-corrected chi connectivity index (χ0v) is 14.3. The summed E-state index contributed by atoms with van der Waals surface area (Å²) in [5.74, 6) is -0.0113. The van der Waals surface area contributed by atoms with Crippen molar-refractivity contribution in [1.82, 2.24) is 10.2 Å². The van der Waals surface area contributed by atoms with E-state index in [1.165, 1.54) is 0 Å². The van der Waals surface area contributed by atoms with E-state index in [4.69, 9.17) is 5.73 Å². The number of piperidine rings is 1. The van der Waals surface area contributed by atoms with Crippen molar-refractivity contribution in [2.45, 2.75) is 44.7 Å². The third kappa shape index (κ3) is 5.52. The third-order valence-electron chi connectivity index (χ3n) is 4.09. The fourth-order valence-electron chi connectivity index (χ4n) is 2.74. The predicted octanol–water partition coefficient (Wildman–Crippen LogP) is 1.96. The highest BCUT2D eigenvalue weighted by atomic mass is 35.5. The molecule has 1 fully saturated rings. The van der Waals surface area contributed by atoms with Gasteiger partial charge >= 0.3 is 0 Å². The maximum Gasteiger partial charge on any atom is 0.253 e. The molecular formula is C17H26ClN3O2. The number of nitrogens with two attached hydrogens (primary N) is 1. The van der Waals surface area contributed by atoms with Crippen LogP contribution in [0.2, 0.25) is 0 Å². The first kappa shape index (κ1) is 19.5. The van der Waals surface area contributed by atoms with Gasteiger partial charge in [-0.15, -0.1) is 12.4 Å². The Kier molecular flexibility index (Phi) is 8.06. The molecule has 0 aromatic heterocycles. The minimum absolute atomic E-state index is 0. The average molecular weight is 340 g/mol. The van der Waals surface area contributed by atoms with Crippen LogP contribution < -0.4 is 11.1 Å². The lowest BCUT2D eigenvalue weighted by Gasteiger charge is -2.33. The molecule has 1 aromatic carbocycles. The van der Waals surface area contributed by atoms with Gasteiger partial charge in [0.1, 0.15) is 0 Å². The van der Waals surface area contributed by atoms with Crippen LogP contribution in [0.5, 0.6) is 0 Å². The van der Waals surface area contributed by atoms with Gasteiger partial charge in [-0.05, 0) is 31.4 Å². The van der Waals surface area contributed by atoms with E-state index in [1.54, 1.807) is 0 Å². The van der Waals surface area contributed by atoms with Gasteiger partial charge in [-0.25, -0.2) is 0 Å². The number of likely N-dealkylation sites (tertiary alicyclic amines) is 1. The molecule has 1 unspecified atom stereocenters. The standard InChI is InChI=1S/C17H25N3O2.ClH/c1-2-6-15(18)16(21)19-14-9-11-20(12-10-14)17(22)13-7-4-3-5-8-13;/h3-5,7-8,14-15H,2,6,9-12,18H2,1H3,(H,19,21);1H. The molecule has 128 valence electrons. The van der Waals surface area contributed by atoms with Gasteiger partial charge in [0.2, 0.25) is 5.91 Å². The zero-order valence-electron chi connectivity index (χ0n) is 13.5. The summed E-state index contributed by atoms with van der Waals surface area (Å²) < 4.78 is 0. The van der Waals surface area contributed by atoms with Crippen LogP contribution in [0.15, 0.2) is 30.3 Å². The summed E-state index contributed by atoms with van der Waals surface area (Å²) in [6.07, 6.45) is 3.17. The Bertz CT molecular complexity index is 502. The van der Waals surface area contributed by atoms with E-state index in [-0.39, 0.29) is 30.3 Å². The lowest BCUT2D eigenvalue weighted by Crippen LogP contribution is -2.50. The second-order valence-corrected chi connectivity index (χ2v) is 5.84. The highest BCUT2D eigenvalue weighted by molar-refractivity contribution is 5.94. The molecule has 6 heteroatoms. The van der Waals surface area contributed by atoms with Crippen molar-refractivity contribution in [3.8, 4) is 0 Å². The van der Waals surface area contributed by atoms with Gasteiger partial charge in [-0.3, -0.25) is 9.59 Å². The summed E-state index contributed by atoms with van der Waals surface area (Å²) in [7, 11) is 0. The van der Waals surface area contributed by atoms with Crippen molar-refractivity contribution in [3.05, 3.63) is 35.9 Å². The van der Waals surface area contributed by atoms with Crippen molar-refractivity contribution in [2.24, 2.45) is 5.73 Å². The van der Waals surface area contributed by atoms with Crippen molar-refractivity contribution < 1.29 is 9.59 Å². The quantitative estimate of drug-likeness (QED) is 0.861. The molecule has 1 atom stereocenters. The number of carbonyl (C=O) groups excluding carboxylic acids is 2. The van der Waals surface area contributed by atoms with Gasteiger partial charge in [-0.2, -0.15) is 0 Å². The van der Waals surface area contributed by atoms with Gasteiger partial charge in [0.15, 0.2) is 0 Å². The van der Waals surface area contributed by atoms with Gasteiger partial charge in [-0.1, -0.05) is 31.5 Å². The van der Waals surface area contributed by atoms with Crippen LogP contribution in [-0.2, 0) is 4.79 Å². The number of benzene rings is 1. The number of hydrogen-bond donors (Lipinski definition) is 2. The molecule has 0 bridgehead atoms. The molecule has 1 aliphatic heterocycles. The van der Waals surface area contributed by atoms with Crippen LogP contribution in [-0.4, -0.2) is 41.9 Å². The smallest absolute Gasteiger partial charge is 0.253 e. The first-order valence-electron chi connectivity index (χ1n) is 8.02. The molecule has 0 radical (unpaired) electrons. The van der Waals surface area contributed by atoms with Gasteiger partial charge in [0.25, 0.3) is 5.91 Å². The Hall–Kier alpha value is -1.59. The van der Waals surface area contributed by atoms with Crippen LogP contribution in [0, 0.1) is 0 Å². The fraction of sp³-hybridized carbons (Fsp3) is 0.529. The number of hydrogen-bond acceptors (Lipinski definition) is 3. The normalized spacial score (nSPS) is 16.3. The van der Waals surface area contributed by atoms with E-state index >= 15 is 0 Å². The van der Waals surface area contributed by atoms with E-state index < -0.39 is 6.04 Å². The molecule has 1 aliphatic rings. The Labute approximate surface area is 144 Å². The second-order valence-electron chi connectivity index (χ2n) is 5.84. The molecule has 1 saturated heterocycles. The van der Waals surface area contributed by atoms with Crippen molar-refractivity contribution >= 4 is 24.2 Å². The number of carbonyl (C=O) groups is 2. The average Bonchev–Trinajstić information content (AvgIpc) is 2.56. The van der Waals surface area contributed by atoms with Crippen LogP contribution >= 0.6 is 12.4 Å². The first-order valence-corrected chi connectivity index (χ1v) is 8.02. The van der Waals surface area contributed by atoms with Gasteiger partial charge in [0, 0.05) is 24.7 Å². The molecular weight excluding hydrogens is 314 g/mol. The third-order valence-corrected chi connectivity index (χ3v) is 4.09. The monoisotopic (exact) mass is 339 g/mol. The highest BCUT2D eigenvalue weighted by Gasteiger charge is 2.25. The van der Waals surface area contributed by atoms with E-state index in [9.17, 15) is 9.59 Å². The SMILES string of the molecule is CCCC(N)C(=O)NC1CCN(C(=O)c2ccccc2)CC1.Cl. The van der Waals surface area contributed by atoms with E-state index in [0.717, 1.165) is 24.8 Å². The van der Waals surface area contributed by atoms with Crippen LogP contribution in [0.4, 0.5) is 0 Å². The Morgan fingerprint density at radius 3 is 2.43 bits per heavy atom. The molecule has 0 saturated carbocycles. The van der Waals surface area contributed by atoms with E-state index in [0.29, 0.717) is 19.5 Å². The van der Waals surface area contributed by atoms with Crippen LogP contribution in [0.1, 0.15) is 43.0 Å². The zero-order chi connectivity index (χ0) is 15.9. The van der Waals surface area contributed by atoms with Crippen molar-refractivity contribution in [1.29, 1.82) is 0 Å². The molecule has 2 amide bonds. The Balaban J connectivity index is 0.00000264. The van der Waals surface area contributed by atoms with Crippen molar-refractivity contribution in [2.75, 3.05) is 13.1 Å². The summed E-state index contributed by atoms with van der Waals surface area (Å²) in [4.78, 5) is 26.1. The number of rotatable bonds is 5. The van der Waals surface area contributed by atoms with Crippen molar-refractivity contribution in [3.63, 3.8) is 0 Å². The number of nitrogens with zero attached hydrogens (tertiary/aromatic N) is 1. The second kappa shape index (κ2) is 9.53. The molecule has 23 heavy (non-hydrogen) atoms. The fourth-order valence-corrected chi connectivity index (χ4v) is 2.74. The molecule has 3 N–H and O–H groups in total. The van der Waals surface area contributed by atoms with E-state index in [1.807, 2.05) is 42.2 Å². The minimum atomic E-state index is -0.422. The Morgan fingerprint density at radius 1 is 1.26 bits per heavy atom. The lowest BCUT2D eigenvalue weighted by atomic mass is 10.0. The highest BCUT2D eigenvalue weighted by Crippen LogP contribution is 2.14. The molecule has 0 spiro atoms. The predicted molar refractivity (Wildman–Crippen MR) is 93.6 cm³/mol. The summed E-state index contributed by atoms with van der Waals surface area (Å²) >= 11 is 0. The molecule has 0 aliphatic carbocycles. The van der Waals surface area contributed by atoms with E-state index in [2.05, 4.69) is 5.32 Å². The summed E-state index contributed by atoms with van der Waals surface area (Å²) in [6.45, 7) is 3.35. The minimum Gasteiger partial charge on any atom is -0.352 e. The molecule has 5 nitrogen and oxygen atoms in total. The maximum atomic E-state index is 12.3. The first-order chi connectivity index (χ1) is 10.6. The van der Waals surface area contributed by atoms with Gasteiger partial charge in [0.05, 0.1) is 6.04 Å². The van der Waals surface area contributed by atoms with Crippen LogP contribution in [0.3, 0.4) is 0 Å². The number of amides is 2. The number of halogens is 1. The van der Waals surface area contributed by atoms with Gasteiger partial charge < -0.3 is 16.0 Å². The lowest BCUT2D eigenvalue weighted by molar-refractivity contribution is -0.123.